The maximum absolute atomic E-state index is 12.1. The van der Waals surface area contributed by atoms with Crippen LogP contribution in [0.4, 0.5) is 5.82 Å². The van der Waals surface area contributed by atoms with Crippen LogP contribution in [0.3, 0.4) is 0 Å². The summed E-state index contributed by atoms with van der Waals surface area (Å²) in [4.78, 5) is 18.1. The van der Waals surface area contributed by atoms with Gasteiger partial charge in [-0.3, -0.25) is 4.79 Å². The van der Waals surface area contributed by atoms with Crippen molar-refractivity contribution in [3.05, 3.63) is 22.7 Å². The van der Waals surface area contributed by atoms with Gasteiger partial charge in [0.15, 0.2) is 5.82 Å². The summed E-state index contributed by atoms with van der Waals surface area (Å²) in [5.74, 6) is 0.452. The van der Waals surface area contributed by atoms with E-state index in [1.54, 1.807) is 17.0 Å². The summed E-state index contributed by atoms with van der Waals surface area (Å²) in [5, 5.41) is 9.45. The van der Waals surface area contributed by atoms with Crippen molar-refractivity contribution in [2.45, 2.75) is 32.4 Å². The maximum Gasteiger partial charge on any atom is 0.293 e. The number of nitrogens with zero attached hydrogens (tertiary/aromatic N) is 3. The number of hydrogen-bond donors (Lipinski definition) is 1. The summed E-state index contributed by atoms with van der Waals surface area (Å²) in [6.45, 7) is 5.13. The molecule has 1 atom stereocenters. The topological polar surface area (TPSA) is 58.4 Å². The quantitative estimate of drug-likeness (QED) is 0.788. The fourth-order valence-corrected chi connectivity index (χ4v) is 1.97. The van der Waals surface area contributed by atoms with Crippen molar-refractivity contribution in [3.63, 3.8) is 0 Å². The molecule has 1 unspecified atom stereocenters. The molecule has 1 aliphatic rings. The molecule has 2 rings (SSSR count). The molecule has 1 fully saturated rings. The van der Waals surface area contributed by atoms with Crippen LogP contribution in [-0.4, -0.2) is 33.9 Å². The number of aliphatic hydroxyl groups is 1. The van der Waals surface area contributed by atoms with E-state index in [0.717, 1.165) is 0 Å². The van der Waals surface area contributed by atoms with Gasteiger partial charge in [-0.2, -0.15) is 0 Å². The minimum Gasteiger partial charge on any atom is -0.391 e. The second kappa shape index (κ2) is 4.25. The standard InChI is InChI=1S/C11H17N3O2/c1-8(2)14-6-4-12-10(11(14)16)13-5-3-9(15)7-13/h4,6,8-9,15H,3,5,7H2,1-2H3. The molecule has 16 heavy (non-hydrogen) atoms. The van der Waals surface area contributed by atoms with Gasteiger partial charge in [-0.1, -0.05) is 0 Å². The van der Waals surface area contributed by atoms with Crippen LogP contribution in [0.25, 0.3) is 0 Å². The first-order chi connectivity index (χ1) is 7.59. The van der Waals surface area contributed by atoms with Crippen LogP contribution in [0.1, 0.15) is 26.3 Å². The largest absolute Gasteiger partial charge is 0.391 e. The molecule has 1 saturated heterocycles. The Bertz CT molecular complexity index is 427. The van der Waals surface area contributed by atoms with Gasteiger partial charge >= 0.3 is 0 Å². The first kappa shape index (κ1) is 11.1. The van der Waals surface area contributed by atoms with Crippen LogP contribution < -0.4 is 10.5 Å². The zero-order valence-corrected chi connectivity index (χ0v) is 9.63. The second-order valence-corrected chi connectivity index (χ2v) is 4.45. The van der Waals surface area contributed by atoms with Gasteiger partial charge in [-0.15, -0.1) is 0 Å². The fraction of sp³-hybridized carbons (Fsp3) is 0.636. The monoisotopic (exact) mass is 223 g/mol. The number of rotatable bonds is 2. The molecule has 1 aromatic rings. The molecule has 0 radical (unpaired) electrons. The third-order valence-electron chi connectivity index (χ3n) is 2.87. The summed E-state index contributed by atoms with van der Waals surface area (Å²) in [6, 6.07) is 0.127. The normalized spacial score (nSPS) is 20.8. The molecule has 5 nitrogen and oxygen atoms in total. The predicted octanol–water partition coefficient (Wildman–Crippen LogP) is 0.395. The minimum atomic E-state index is -0.339. The van der Waals surface area contributed by atoms with E-state index in [1.165, 1.54) is 0 Å². The van der Waals surface area contributed by atoms with Gasteiger partial charge in [-0.05, 0) is 20.3 Å². The van der Waals surface area contributed by atoms with E-state index >= 15 is 0 Å². The summed E-state index contributed by atoms with van der Waals surface area (Å²) in [5.41, 5.74) is -0.0772. The summed E-state index contributed by atoms with van der Waals surface area (Å²) >= 11 is 0. The predicted molar refractivity (Wildman–Crippen MR) is 61.7 cm³/mol. The van der Waals surface area contributed by atoms with Crippen LogP contribution in [0.5, 0.6) is 0 Å². The van der Waals surface area contributed by atoms with Crippen LogP contribution in [-0.2, 0) is 0 Å². The molecule has 1 aliphatic heterocycles. The van der Waals surface area contributed by atoms with Crippen molar-refractivity contribution >= 4 is 5.82 Å². The molecule has 0 bridgehead atoms. The Labute approximate surface area is 94.3 Å². The zero-order chi connectivity index (χ0) is 11.7. The number of hydrogen-bond acceptors (Lipinski definition) is 4. The summed E-state index contributed by atoms with van der Waals surface area (Å²) < 4.78 is 1.66. The minimum absolute atomic E-state index is 0.0772. The van der Waals surface area contributed by atoms with Gasteiger partial charge in [0.05, 0.1) is 6.10 Å². The van der Waals surface area contributed by atoms with Gasteiger partial charge in [0, 0.05) is 31.5 Å². The number of β-amino-alcohol motifs (C(OH)–C–C–N with tert-alkyl or cyclic N) is 1. The lowest BCUT2D eigenvalue weighted by atomic mass is 10.3. The van der Waals surface area contributed by atoms with E-state index in [-0.39, 0.29) is 17.7 Å². The van der Waals surface area contributed by atoms with Gasteiger partial charge in [0.2, 0.25) is 0 Å². The average molecular weight is 223 g/mol. The fourth-order valence-electron chi connectivity index (χ4n) is 1.97. The SMILES string of the molecule is CC(C)n1ccnc(N2CCC(O)C2)c1=O. The van der Waals surface area contributed by atoms with Crippen molar-refractivity contribution < 1.29 is 5.11 Å². The van der Waals surface area contributed by atoms with Crippen molar-refractivity contribution in [2.75, 3.05) is 18.0 Å². The smallest absolute Gasteiger partial charge is 0.293 e. The van der Waals surface area contributed by atoms with Gasteiger partial charge in [0.1, 0.15) is 0 Å². The van der Waals surface area contributed by atoms with Gasteiger partial charge in [-0.25, -0.2) is 4.98 Å². The Kier molecular flexibility index (Phi) is 2.96. The van der Waals surface area contributed by atoms with E-state index in [9.17, 15) is 9.90 Å². The first-order valence-electron chi connectivity index (χ1n) is 5.59. The third kappa shape index (κ3) is 1.95. The van der Waals surface area contributed by atoms with Crippen LogP contribution in [0, 0.1) is 0 Å². The molecule has 0 saturated carbocycles. The number of aromatic nitrogens is 2. The molecular formula is C11H17N3O2. The van der Waals surface area contributed by atoms with Gasteiger partial charge in [0.25, 0.3) is 5.56 Å². The lowest BCUT2D eigenvalue weighted by Crippen LogP contribution is -2.32. The van der Waals surface area contributed by atoms with Crippen LogP contribution in [0.15, 0.2) is 17.2 Å². The molecule has 0 aliphatic carbocycles. The number of aliphatic hydroxyl groups excluding tert-OH is 1. The molecule has 1 N–H and O–H groups in total. The third-order valence-corrected chi connectivity index (χ3v) is 2.87. The molecule has 0 spiro atoms. The second-order valence-electron chi connectivity index (χ2n) is 4.45. The van der Waals surface area contributed by atoms with Crippen molar-refractivity contribution in [3.8, 4) is 0 Å². The van der Waals surface area contributed by atoms with Crippen LogP contribution >= 0.6 is 0 Å². The molecule has 5 heteroatoms. The Morgan fingerprint density at radius 1 is 1.56 bits per heavy atom. The Balaban J connectivity index is 2.35. The lowest BCUT2D eigenvalue weighted by Gasteiger charge is -2.18. The van der Waals surface area contributed by atoms with Crippen molar-refractivity contribution in [1.82, 2.24) is 9.55 Å². The highest BCUT2D eigenvalue weighted by atomic mass is 16.3. The molecular weight excluding hydrogens is 206 g/mol. The highest BCUT2D eigenvalue weighted by molar-refractivity contribution is 5.37. The van der Waals surface area contributed by atoms with Crippen LogP contribution in [0.2, 0.25) is 0 Å². The highest BCUT2D eigenvalue weighted by Crippen LogP contribution is 2.14. The highest BCUT2D eigenvalue weighted by Gasteiger charge is 2.24. The number of anilines is 1. The lowest BCUT2D eigenvalue weighted by molar-refractivity contribution is 0.198. The van der Waals surface area contributed by atoms with E-state index < -0.39 is 0 Å². The average Bonchev–Trinajstić information content (AvgIpc) is 2.64. The summed E-state index contributed by atoms with van der Waals surface area (Å²) in [6.07, 6.45) is 3.70. The van der Waals surface area contributed by atoms with Crippen molar-refractivity contribution in [2.24, 2.45) is 0 Å². The molecule has 0 aromatic carbocycles. The first-order valence-corrected chi connectivity index (χ1v) is 5.59. The molecule has 1 aromatic heterocycles. The van der Waals surface area contributed by atoms with Gasteiger partial charge < -0.3 is 14.6 Å². The molecule has 2 heterocycles. The Morgan fingerprint density at radius 2 is 2.31 bits per heavy atom. The Hall–Kier alpha value is -1.36. The van der Waals surface area contributed by atoms with E-state index in [4.69, 9.17) is 0 Å². The van der Waals surface area contributed by atoms with E-state index in [1.807, 2.05) is 18.7 Å². The van der Waals surface area contributed by atoms with Crippen molar-refractivity contribution in [1.29, 1.82) is 0 Å². The Morgan fingerprint density at radius 3 is 2.88 bits per heavy atom. The maximum atomic E-state index is 12.1. The molecule has 88 valence electrons. The van der Waals surface area contributed by atoms with E-state index in [2.05, 4.69) is 4.98 Å². The zero-order valence-electron chi connectivity index (χ0n) is 9.63. The summed E-state index contributed by atoms with van der Waals surface area (Å²) in [7, 11) is 0. The van der Waals surface area contributed by atoms with E-state index in [0.29, 0.717) is 25.3 Å². The molecule has 0 amide bonds.